The van der Waals surface area contributed by atoms with Crippen molar-refractivity contribution in [2.24, 2.45) is 0 Å². The number of pyridine rings is 2. The van der Waals surface area contributed by atoms with Crippen LogP contribution in [0.3, 0.4) is 0 Å². The second kappa shape index (κ2) is 3.44. The summed E-state index contributed by atoms with van der Waals surface area (Å²) >= 11 is 1.69. The molecule has 0 fully saturated rings. The third kappa shape index (κ3) is 1.41. The summed E-state index contributed by atoms with van der Waals surface area (Å²) in [6, 6.07) is 6.06. The standard InChI is InChI=1S/C12H8N2S/c1-2-9-6-13-7-11(12(9)14-4-1)10-3-5-15-8-10/h1-8H. The second-order valence-electron chi connectivity index (χ2n) is 3.27. The maximum absolute atomic E-state index is 4.40. The Labute approximate surface area is 91.2 Å². The highest BCUT2D eigenvalue weighted by molar-refractivity contribution is 7.08. The summed E-state index contributed by atoms with van der Waals surface area (Å²) in [5, 5.41) is 5.27. The van der Waals surface area contributed by atoms with Gasteiger partial charge in [-0.15, -0.1) is 0 Å². The summed E-state index contributed by atoms with van der Waals surface area (Å²) in [6.45, 7) is 0. The number of thiophene rings is 1. The summed E-state index contributed by atoms with van der Waals surface area (Å²) in [5.74, 6) is 0. The molecular weight excluding hydrogens is 204 g/mol. The Morgan fingerprint density at radius 2 is 2.13 bits per heavy atom. The van der Waals surface area contributed by atoms with E-state index in [1.54, 1.807) is 11.3 Å². The van der Waals surface area contributed by atoms with Crippen molar-refractivity contribution < 1.29 is 0 Å². The van der Waals surface area contributed by atoms with E-state index >= 15 is 0 Å². The average Bonchev–Trinajstić information content (AvgIpc) is 2.82. The minimum Gasteiger partial charge on any atom is -0.263 e. The fourth-order valence-corrected chi connectivity index (χ4v) is 2.29. The molecule has 3 rings (SSSR count). The van der Waals surface area contributed by atoms with E-state index in [9.17, 15) is 0 Å². The first-order valence-electron chi connectivity index (χ1n) is 4.66. The van der Waals surface area contributed by atoms with Gasteiger partial charge < -0.3 is 0 Å². The van der Waals surface area contributed by atoms with Crippen LogP contribution in [0.2, 0.25) is 0 Å². The van der Waals surface area contributed by atoms with E-state index in [1.807, 2.05) is 30.7 Å². The van der Waals surface area contributed by atoms with E-state index in [1.165, 1.54) is 5.56 Å². The lowest BCUT2D eigenvalue weighted by molar-refractivity contribution is 1.33. The molecule has 0 saturated heterocycles. The molecule has 0 N–H and O–H groups in total. The van der Waals surface area contributed by atoms with Crippen molar-refractivity contribution in [3.8, 4) is 11.1 Å². The molecule has 3 heteroatoms. The fourth-order valence-electron chi connectivity index (χ4n) is 1.63. The largest absolute Gasteiger partial charge is 0.263 e. The molecular formula is C12H8N2S. The SMILES string of the molecule is c1cnc2c(-c3ccsc3)cncc2c1. The van der Waals surface area contributed by atoms with E-state index in [2.05, 4.69) is 26.8 Å². The summed E-state index contributed by atoms with van der Waals surface area (Å²) < 4.78 is 0. The molecule has 72 valence electrons. The molecule has 0 bridgehead atoms. The van der Waals surface area contributed by atoms with Gasteiger partial charge in [-0.25, -0.2) is 0 Å². The van der Waals surface area contributed by atoms with E-state index in [0.717, 1.165) is 16.5 Å². The van der Waals surface area contributed by atoms with Gasteiger partial charge >= 0.3 is 0 Å². The molecule has 0 spiro atoms. The number of hydrogen-bond acceptors (Lipinski definition) is 3. The van der Waals surface area contributed by atoms with Gasteiger partial charge in [0.2, 0.25) is 0 Å². The highest BCUT2D eigenvalue weighted by Crippen LogP contribution is 2.27. The van der Waals surface area contributed by atoms with E-state index < -0.39 is 0 Å². The molecule has 0 aliphatic rings. The molecule has 0 saturated carbocycles. The van der Waals surface area contributed by atoms with Gasteiger partial charge in [-0.05, 0) is 34.5 Å². The van der Waals surface area contributed by atoms with Crippen LogP contribution in [0.25, 0.3) is 22.0 Å². The van der Waals surface area contributed by atoms with E-state index in [4.69, 9.17) is 0 Å². The van der Waals surface area contributed by atoms with Gasteiger partial charge in [0, 0.05) is 29.5 Å². The molecule has 3 heterocycles. The first-order chi connectivity index (χ1) is 7.45. The molecule has 3 aromatic heterocycles. The number of hydrogen-bond donors (Lipinski definition) is 0. The van der Waals surface area contributed by atoms with Crippen LogP contribution in [-0.4, -0.2) is 9.97 Å². The molecule has 15 heavy (non-hydrogen) atoms. The Morgan fingerprint density at radius 3 is 3.00 bits per heavy atom. The van der Waals surface area contributed by atoms with Gasteiger partial charge in [0.15, 0.2) is 0 Å². The molecule has 0 aliphatic heterocycles. The van der Waals surface area contributed by atoms with Gasteiger partial charge in [-0.3, -0.25) is 9.97 Å². The Bertz CT molecular complexity index is 582. The van der Waals surface area contributed by atoms with E-state index in [0.29, 0.717) is 0 Å². The molecule has 0 radical (unpaired) electrons. The number of fused-ring (bicyclic) bond motifs is 1. The molecule has 0 amide bonds. The molecule has 0 atom stereocenters. The maximum Gasteiger partial charge on any atom is 0.0811 e. The van der Waals surface area contributed by atoms with Gasteiger partial charge in [-0.1, -0.05) is 0 Å². The van der Waals surface area contributed by atoms with Crippen molar-refractivity contribution in [1.82, 2.24) is 9.97 Å². The average molecular weight is 212 g/mol. The van der Waals surface area contributed by atoms with Crippen molar-refractivity contribution in [1.29, 1.82) is 0 Å². The van der Waals surface area contributed by atoms with Crippen LogP contribution in [0, 0.1) is 0 Å². The molecule has 0 aliphatic carbocycles. The minimum atomic E-state index is 1.02. The van der Waals surface area contributed by atoms with Gasteiger partial charge in [0.25, 0.3) is 0 Å². The zero-order valence-corrected chi connectivity index (χ0v) is 8.74. The Hall–Kier alpha value is -1.74. The molecule has 3 aromatic rings. The lowest BCUT2D eigenvalue weighted by atomic mass is 10.1. The zero-order chi connectivity index (χ0) is 10.1. The topological polar surface area (TPSA) is 25.8 Å². The maximum atomic E-state index is 4.40. The number of nitrogens with zero attached hydrogens (tertiary/aromatic N) is 2. The Balaban J connectivity index is 2.36. The molecule has 0 aromatic carbocycles. The fraction of sp³-hybridized carbons (Fsp3) is 0. The highest BCUT2D eigenvalue weighted by Gasteiger charge is 2.04. The predicted octanol–water partition coefficient (Wildman–Crippen LogP) is 3.36. The summed E-state index contributed by atoms with van der Waals surface area (Å²) in [5.41, 5.74) is 3.32. The molecule has 2 nitrogen and oxygen atoms in total. The lowest BCUT2D eigenvalue weighted by Gasteiger charge is -2.01. The van der Waals surface area contributed by atoms with Crippen molar-refractivity contribution in [3.63, 3.8) is 0 Å². The van der Waals surface area contributed by atoms with Crippen LogP contribution in [0.15, 0.2) is 47.5 Å². The van der Waals surface area contributed by atoms with Crippen molar-refractivity contribution in [3.05, 3.63) is 47.5 Å². The van der Waals surface area contributed by atoms with Gasteiger partial charge in [0.1, 0.15) is 0 Å². The van der Waals surface area contributed by atoms with Crippen molar-refractivity contribution in [2.45, 2.75) is 0 Å². The summed E-state index contributed by atoms with van der Waals surface area (Å²) in [4.78, 5) is 8.64. The van der Waals surface area contributed by atoms with Gasteiger partial charge in [-0.2, -0.15) is 11.3 Å². The van der Waals surface area contributed by atoms with Crippen LogP contribution in [0.4, 0.5) is 0 Å². The van der Waals surface area contributed by atoms with Crippen LogP contribution >= 0.6 is 11.3 Å². The number of rotatable bonds is 1. The smallest absolute Gasteiger partial charge is 0.0811 e. The Kier molecular flexibility index (Phi) is 1.96. The summed E-state index contributed by atoms with van der Waals surface area (Å²) in [6.07, 6.45) is 5.54. The lowest BCUT2D eigenvalue weighted by Crippen LogP contribution is -1.84. The quantitative estimate of drug-likeness (QED) is 0.618. The summed E-state index contributed by atoms with van der Waals surface area (Å²) in [7, 11) is 0. The Morgan fingerprint density at radius 1 is 1.13 bits per heavy atom. The first kappa shape index (κ1) is 8.56. The predicted molar refractivity (Wildman–Crippen MR) is 62.9 cm³/mol. The third-order valence-electron chi connectivity index (χ3n) is 2.34. The van der Waals surface area contributed by atoms with Crippen LogP contribution in [-0.2, 0) is 0 Å². The zero-order valence-electron chi connectivity index (χ0n) is 7.92. The van der Waals surface area contributed by atoms with E-state index in [-0.39, 0.29) is 0 Å². The first-order valence-corrected chi connectivity index (χ1v) is 5.61. The van der Waals surface area contributed by atoms with Crippen molar-refractivity contribution in [2.75, 3.05) is 0 Å². The van der Waals surface area contributed by atoms with Crippen LogP contribution < -0.4 is 0 Å². The van der Waals surface area contributed by atoms with Gasteiger partial charge in [0.05, 0.1) is 5.52 Å². The third-order valence-corrected chi connectivity index (χ3v) is 3.03. The second-order valence-corrected chi connectivity index (χ2v) is 4.05. The monoisotopic (exact) mass is 212 g/mol. The highest BCUT2D eigenvalue weighted by atomic mass is 32.1. The molecule has 0 unspecified atom stereocenters. The van der Waals surface area contributed by atoms with Crippen molar-refractivity contribution >= 4 is 22.2 Å². The number of aromatic nitrogens is 2. The van der Waals surface area contributed by atoms with Crippen LogP contribution in [0.5, 0.6) is 0 Å². The normalized spacial score (nSPS) is 10.7. The van der Waals surface area contributed by atoms with Crippen LogP contribution in [0.1, 0.15) is 0 Å². The minimum absolute atomic E-state index is 1.02.